The summed E-state index contributed by atoms with van der Waals surface area (Å²) in [6.45, 7) is 19.2. The van der Waals surface area contributed by atoms with E-state index < -0.39 is 0 Å². The highest BCUT2D eigenvalue weighted by Crippen LogP contribution is 2.17. The van der Waals surface area contributed by atoms with E-state index >= 15 is 0 Å². The van der Waals surface area contributed by atoms with Gasteiger partial charge in [-0.2, -0.15) is 0 Å². The van der Waals surface area contributed by atoms with E-state index in [0.29, 0.717) is 45.1 Å². The number of nitrogens with one attached hydrogen (secondary N) is 1. The largest absolute Gasteiger partial charge is 0.379 e. The van der Waals surface area contributed by atoms with Crippen LogP contribution in [0, 0.1) is 5.41 Å². The Kier molecular flexibility index (Phi) is 12.7. The SMILES string of the molecule is CC(C)(C)CCOCCOCCOCCNCc1ccc(COC(C)(C)C)cc1. The average Bonchev–Trinajstić information content (AvgIpc) is 2.63. The fourth-order valence-corrected chi connectivity index (χ4v) is 2.35. The Hall–Kier alpha value is -0.980. The molecule has 0 aliphatic carbocycles. The third kappa shape index (κ3) is 16.5. The van der Waals surface area contributed by atoms with Crippen molar-refractivity contribution in [2.24, 2.45) is 5.41 Å². The smallest absolute Gasteiger partial charge is 0.0724 e. The number of ether oxygens (including phenoxy) is 4. The van der Waals surface area contributed by atoms with Gasteiger partial charge in [0, 0.05) is 19.7 Å². The van der Waals surface area contributed by atoms with Gasteiger partial charge < -0.3 is 24.3 Å². The Balaban J connectivity index is 1.92. The van der Waals surface area contributed by atoms with Crippen molar-refractivity contribution in [1.82, 2.24) is 5.32 Å². The minimum Gasteiger partial charge on any atom is -0.379 e. The van der Waals surface area contributed by atoms with Gasteiger partial charge in [-0.15, -0.1) is 0 Å². The second-order valence-electron chi connectivity index (χ2n) is 9.54. The normalized spacial score (nSPS) is 12.5. The minimum atomic E-state index is -0.106. The molecule has 0 aliphatic heterocycles. The van der Waals surface area contributed by atoms with E-state index in [4.69, 9.17) is 18.9 Å². The van der Waals surface area contributed by atoms with Gasteiger partial charge in [0.1, 0.15) is 0 Å². The summed E-state index contributed by atoms with van der Waals surface area (Å²) >= 11 is 0. The Labute approximate surface area is 178 Å². The van der Waals surface area contributed by atoms with Crippen molar-refractivity contribution in [2.45, 2.75) is 66.7 Å². The summed E-state index contributed by atoms with van der Waals surface area (Å²) in [5.41, 5.74) is 2.68. The van der Waals surface area contributed by atoms with Crippen LogP contribution in [0.4, 0.5) is 0 Å². The molecule has 0 aromatic heterocycles. The first-order chi connectivity index (χ1) is 13.7. The highest BCUT2D eigenvalue weighted by atomic mass is 16.5. The van der Waals surface area contributed by atoms with Crippen molar-refractivity contribution >= 4 is 0 Å². The molecule has 0 aliphatic rings. The molecule has 0 fully saturated rings. The van der Waals surface area contributed by atoms with Crippen molar-refractivity contribution in [3.63, 3.8) is 0 Å². The lowest BCUT2D eigenvalue weighted by Crippen LogP contribution is -2.20. The van der Waals surface area contributed by atoms with Gasteiger partial charge in [-0.05, 0) is 43.7 Å². The fraction of sp³-hybridized carbons (Fsp3) is 0.750. The molecule has 168 valence electrons. The molecule has 0 heterocycles. The Morgan fingerprint density at radius 1 is 0.690 bits per heavy atom. The highest BCUT2D eigenvalue weighted by molar-refractivity contribution is 5.21. The molecule has 1 N–H and O–H groups in total. The molecule has 0 atom stereocenters. The molecular weight excluding hydrogens is 366 g/mol. The zero-order chi connectivity index (χ0) is 21.6. The predicted octanol–water partition coefficient (Wildman–Crippen LogP) is 4.58. The third-order valence-corrected chi connectivity index (χ3v) is 4.19. The second kappa shape index (κ2) is 14.1. The molecule has 0 bridgehead atoms. The van der Waals surface area contributed by atoms with Gasteiger partial charge >= 0.3 is 0 Å². The van der Waals surface area contributed by atoms with Crippen LogP contribution >= 0.6 is 0 Å². The lowest BCUT2D eigenvalue weighted by atomic mass is 9.93. The molecule has 1 rings (SSSR count). The van der Waals surface area contributed by atoms with E-state index in [1.54, 1.807) is 0 Å². The molecule has 0 saturated heterocycles. The van der Waals surface area contributed by atoms with Crippen LogP contribution in [0.3, 0.4) is 0 Å². The number of benzene rings is 1. The van der Waals surface area contributed by atoms with Gasteiger partial charge in [-0.3, -0.25) is 0 Å². The lowest BCUT2D eigenvalue weighted by molar-refractivity contribution is -0.0149. The quantitative estimate of drug-likeness (QED) is 0.430. The number of rotatable bonds is 15. The van der Waals surface area contributed by atoms with E-state index in [1.807, 2.05) is 0 Å². The Bertz CT molecular complexity index is 517. The van der Waals surface area contributed by atoms with Crippen molar-refractivity contribution in [3.8, 4) is 0 Å². The molecule has 0 saturated carbocycles. The minimum absolute atomic E-state index is 0.106. The maximum atomic E-state index is 5.80. The molecular formula is C24H43NO4. The lowest BCUT2D eigenvalue weighted by Gasteiger charge is -2.19. The van der Waals surface area contributed by atoms with Crippen LogP contribution in [0.1, 0.15) is 59.1 Å². The molecule has 1 aromatic rings. The van der Waals surface area contributed by atoms with Crippen LogP contribution < -0.4 is 5.32 Å². The summed E-state index contributed by atoms with van der Waals surface area (Å²) in [6, 6.07) is 8.55. The van der Waals surface area contributed by atoms with E-state index in [0.717, 1.165) is 26.1 Å². The van der Waals surface area contributed by atoms with Crippen LogP contribution in [0.25, 0.3) is 0 Å². The van der Waals surface area contributed by atoms with Crippen LogP contribution in [0.15, 0.2) is 24.3 Å². The molecule has 0 amide bonds. The molecule has 5 nitrogen and oxygen atoms in total. The first-order valence-corrected chi connectivity index (χ1v) is 10.8. The van der Waals surface area contributed by atoms with Crippen molar-refractivity contribution in [1.29, 1.82) is 0 Å². The Morgan fingerprint density at radius 2 is 1.21 bits per heavy atom. The molecule has 5 heteroatoms. The summed E-state index contributed by atoms with van der Waals surface area (Å²) in [6.07, 6.45) is 1.07. The molecule has 0 radical (unpaired) electrons. The summed E-state index contributed by atoms with van der Waals surface area (Å²) in [4.78, 5) is 0. The van der Waals surface area contributed by atoms with Gasteiger partial charge in [0.25, 0.3) is 0 Å². The van der Waals surface area contributed by atoms with Gasteiger partial charge in [-0.1, -0.05) is 45.0 Å². The van der Waals surface area contributed by atoms with Crippen molar-refractivity contribution < 1.29 is 18.9 Å². The fourth-order valence-electron chi connectivity index (χ4n) is 2.35. The second-order valence-corrected chi connectivity index (χ2v) is 9.54. The van der Waals surface area contributed by atoms with E-state index in [2.05, 4.69) is 71.1 Å². The van der Waals surface area contributed by atoms with Crippen molar-refractivity contribution in [2.75, 3.05) is 46.2 Å². The third-order valence-electron chi connectivity index (χ3n) is 4.19. The molecule has 0 spiro atoms. The predicted molar refractivity (Wildman–Crippen MR) is 119 cm³/mol. The number of hydrogen-bond acceptors (Lipinski definition) is 5. The molecule has 1 aromatic carbocycles. The monoisotopic (exact) mass is 409 g/mol. The number of hydrogen-bond donors (Lipinski definition) is 1. The van der Waals surface area contributed by atoms with Crippen LogP contribution in [-0.4, -0.2) is 51.8 Å². The van der Waals surface area contributed by atoms with Crippen LogP contribution in [0.5, 0.6) is 0 Å². The van der Waals surface area contributed by atoms with E-state index in [1.165, 1.54) is 11.1 Å². The summed E-state index contributed by atoms with van der Waals surface area (Å²) in [5, 5.41) is 3.40. The Morgan fingerprint density at radius 3 is 1.76 bits per heavy atom. The van der Waals surface area contributed by atoms with Gasteiger partial charge in [0.15, 0.2) is 0 Å². The standard InChI is InChI=1S/C24H43NO4/c1-23(2,3)11-13-26-15-17-28-18-16-27-14-12-25-19-21-7-9-22(10-8-21)20-29-24(4,5)6/h7-10,25H,11-20H2,1-6H3. The zero-order valence-corrected chi connectivity index (χ0v) is 19.5. The van der Waals surface area contributed by atoms with Gasteiger partial charge in [0.2, 0.25) is 0 Å². The topological polar surface area (TPSA) is 49.0 Å². The highest BCUT2D eigenvalue weighted by Gasteiger charge is 2.10. The zero-order valence-electron chi connectivity index (χ0n) is 19.5. The van der Waals surface area contributed by atoms with Crippen LogP contribution in [-0.2, 0) is 32.1 Å². The van der Waals surface area contributed by atoms with E-state index in [-0.39, 0.29) is 5.60 Å². The maximum absolute atomic E-state index is 5.80. The van der Waals surface area contributed by atoms with Crippen LogP contribution in [0.2, 0.25) is 0 Å². The van der Waals surface area contributed by atoms with Gasteiger partial charge in [-0.25, -0.2) is 0 Å². The first kappa shape index (κ1) is 26.1. The summed E-state index contributed by atoms with van der Waals surface area (Å²) in [7, 11) is 0. The van der Waals surface area contributed by atoms with Gasteiger partial charge in [0.05, 0.1) is 45.2 Å². The summed E-state index contributed by atoms with van der Waals surface area (Å²) < 4.78 is 22.5. The summed E-state index contributed by atoms with van der Waals surface area (Å²) in [5.74, 6) is 0. The van der Waals surface area contributed by atoms with E-state index in [9.17, 15) is 0 Å². The molecule has 0 unspecified atom stereocenters. The maximum Gasteiger partial charge on any atom is 0.0724 e. The molecule has 29 heavy (non-hydrogen) atoms. The van der Waals surface area contributed by atoms with Crippen molar-refractivity contribution in [3.05, 3.63) is 35.4 Å². The first-order valence-electron chi connectivity index (χ1n) is 10.8. The average molecular weight is 410 g/mol.